The van der Waals surface area contributed by atoms with Gasteiger partial charge in [-0.1, -0.05) is 0 Å². The zero-order valence-corrected chi connectivity index (χ0v) is 10.8. The van der Waals surface area contributed by atoms with Gasteiger partial charge >= 0.3 is 13.6 Å². The number of hydrogen-bond acceptors (Lipinski definition) is 6. The second kappa shape index (κ2) is 7.31. The van der Waals surface area contributed by atoms with Crippen molar-refractivity contribution in [3.63, 3.8) is 0 Å². The maximum absolute atomic E-state index is 11.7. The van der Waals surface area contributed by atoms with E-state index in [9.17, 15) is 9.36 Å². The molecular formula is C7H16O6P2. The van der Waals surface area contributed by atoms with Gasteiger partial charge in [0.25, 0.3) is 0 Å². The zero-order chi connectivity index (χ0) is 11.9. The first-order valence-electron chi connectivity index (χ1n) is 4.42. The van der Waals surface area contributed by atoms with Crippen molar-refractivity contribution in [1.29, 1.82) is 0 Å². The highest BCUT2D eigenvalue weighted by molar-refractivity contribution is 7.57. The van der Waals surface area contributed by atoms with Crippen LogP contribution in [0.15, 0.2) is 0 Å². The minimum atomic E-state index is -3.42. The highest BCUT2D eigenvalue weighted by atomic mass is 31.2. The van der Waals surface area contributed by atoms with Gasteiger partial charge in [-0.15, -0.1) is 0 Å². The fraction of sp³-hybridized carbons (Fsp3) is 0.857. The van der Waals surface area contributed by atoms with Gasteiger partial charge in [0.15, 0.2) is 6.10 Å². The summed E-state index contributed by atoms with van der Waals surface area (Å²) in [7, 11) is -1.63. The summed E-state index contributed by atoms with van der Waals surface area (Å²) >= 11 is 0. The smallest absolute Gasteiger partial charge is 0.336 e. The molecule has 3 unspecified atom stereocenters. The van der Waals surface area contributed by atoms with Crippen LogP contribution in [-0.2, 0) is 22.9 Å². The van der Waals surface area contributed by atoms with Crippen LogP contribution in [-0.4, -0.2) is 36.6 Å². The van der Waals surface area contributed by atoms with Crippen molar-refractivity contribution in [2.45, 2.75) is 20.0 Å². The van der Waals surface area contributed by atoms with Gasteiger partial charge in [0, 0.05) is 9.47 Å². The summed E-state index contributed by atoms with van der Waals surface area (Å²) in [4.78, 5) is 11.1. The van der Waals surface area contributed by atoms with Crippen molar-refractivity contribution >= 4 is 23.0 Å². The van der Waals surface area contributed by atoms with Gasteiger partial charge in [0.1, 0.15) is 0 Å². The van der Waals surface area contributed by atoms with E-state index in [1.165, 1.54) is 6.92 Å². The molecular weight excluding hydrogens is 242 g/mol. The second-order valence-corrected chi connectivity index (χ2v) is 5.39. The number of aliphatic hydroxyl groups is 1. The van der Waals surface area contributed by atoms with Crippen LogP contribution in [0.4, 0.5) is 0 Å². The molecule has 1 N–H and O–H groups in total. The normalized spacial score (nSPS) is 16.8. The number of hydrogen-bond donors (Lipinski definition) is 1. The van der Waals surface area contributed by atoms with E-state index in [4.69, 9.17) is 9.63 Å². The quantitative estimate of drug-likeness (QED) is 0.540. The molecule has 0 rings (SSSR count). The average Bonchev–Trinajstić information content (AvgIpc) is 2.18. The number of rotatable bonds is 7. The van der Waals surface area contributed by atoms with E-state index >= 15 is 0 Å². The Morgan fingerprint density at radius 3 is 2.60 bits per heavy atom. The average molecular weight is 258 g/mol. The monoisotopic (exact) mass is 258 g/mol. The molecule has 0 heterocycles. The fourth-order valence-electron chi connectivity index (χ4n) is 0.796. The highest BCUT2D eigenvalue weighted by Gasteiger charge is 2.29. The molecule has 0 spiro atoms. The van der Waals surface area contributed by atoms with E-state index in [2.05, 4.69) is 9.05 Å². The zero-order valence-electron chi connectivity index (χ0n) is 8.71. The van der Waals surface area contributed by atoms with Crippen LogP contribution in [0.2, 0.25) is 0 Å². The Morgan fingerprint density at radius 1 is 1.60 bits per heavy atom. The summed E-state index contributed by atoms with van der Waals surface area (Å²) in [5.74, 6) is -0.613. The first-order chi connectivity index (χ1) is 6.99. The third-order valence-electron chi connectivity index (χ3n) is 1.47. The van der Waals surface area contributed by atoms with Gasteiger partial charge in [-0.3, -0.25) is 13.4 Å². The third kappa shape index (κ3) is 5.59. The molecule has 90 valence electrons. The maximum atomic E-state index is 11.7. The number of ether oxygens (including phenoxy) is 1. The number of aliphatic hydroxyl groups excluding tert-OH is 1. The van der Waals surface area contributed by atoms with Crippen LogP contribution in [0.3, 0.4) is 0 Å². The third-order valence-corrected chi connectivity index (χ3v) is 4.14. The lowest BCUT2D eigenvalue weighted by molar-refractivity contribution is -0.150. The molecule has 15 heavy (non-hydrogen) atoms. The Morgan fingerprint density at radius 2 is 2.20 bits per heavy atom. The molecule has 0 aliphatic rings. The van der Waals surface area contributed by atoms with Crippen molar-refractivity contribution in [1.82, 2.24) is 0 Å². The molecule has 0 fully saturated rings. The summed E-state index contributed by atoms with van der Waals surface area (Å²) < 4.78 is 25.8. The minimum Gasteiger partial charge on any atom is -0.464 e. The largest absolute Gasteiger partial charge is 0.464 e. The Labute approximate surface area is 91.1 Å². The molecule has 0 aromatic rings. The lowest BCUT2D eigenvalue weighted by Gasteiger charge is -2.18. The number of esters is 1. The van der Waals surface area contributed by atoms with Crippen molar-refractivity contribution < 1.29 is 28.0 Å². The Kier molecular flexibility index (Phi) is 7.32. The summed E-state index contributed by atoms with van der Waals surface area (Å²) in [5.41, 5.74) is 0. The van der Waals surface area contributed by atoms with Crippen LogP contribution in [0.25, 0.3) is 0 Å². The van der Waals surface area contributed by atoms with Gasteiger partial charge in [0.2, 0.25) is 0 Å². The van der Waals surface area contributed by atoms with Crippen molar-refractivity contribution in [3.05, 3.63) is 0 Å². The molecule has 0 aromatic heterocycles. The van der Waals surface area contributed by atoms with Gasteiger partial charge < -0.3 is 9.84 Å². The van der Waals surface area contributed by atoms with Crippen molar-refractivity contribution in [3.8, 4) is 0 Å². The second-order valence-electron chi connectivity index (χ2n) is 2.66. The van der Waals surface area contributed by atoms with Gasteiger partial charge in [0.05, 0.1) is 19.4 Å². The molecule has 0 aromatic carbocycles. The van der Waals surface area contributed by atoms with Gasteiger partial charge in [-0.05, 0) is 13.8 Å². The summed E-state index contributed by atoms with van der Waals surface area (Å²) in [6.45, 7) is 2.94. The molecule has 0 radical (unpaired) electrons. The first-order valence-corrected chi connectivity index (χ1v) is 6.62. The first kappa shape index (κ1) is 15.0. The SMILES string of the molecule is CCOC(=O)C(C)OP(=O)(CCO)OP. The summed E-state index contributed by atoms with van der Waals surface area (Å²) in [6, 6.07) is 0. The van der Waals surface area contributed by atoms with Crippen LogP contribution < -0.4 is 0 Å². The summed E-state index contributed by atoms with van der Waals surface area (Å²) in [5, 5.41) is 8.63. The Balaban J connectivity index is 4.29. The molecule has 0 saturated heterocycles. The molecule has 0 aliphatic heterocycles. The molecule has 0 amide bonds. The van der Waals surface area contributed by atoms with E-state index in [0.29, 0.717) is 0 Å². The Bertz CT molecular complexity index is 244. The molecule has 0 aliphatic carbocycles. The lowest BCUT2D eigenvalue weighted by Crippen LogP contribution is -2.23. The predicted octanol–water partition coefficient (Wildman–Crippen LogP) is 0.947. The van der Waals surface area contributed by atoms with Gasteiger partial charge in [-0.2, -0.15) is 0 Å². The van der Waals surface area contributed by atoms with E-state index in [1.807, 2.05) is 0 Å². The minimum absolute atomic E-state index is 0.166. The molecule has 0 bridgehead atoms. The van der Waals surface area contributed by atoms with Crippen LogP contribution in [0.5, 0.6) is 0 Å². The van der Waals surface area contributed by atoms with Gasteiger partial charge in [-0.25, -0.2) is 4.79 Å². The fourth-order valence-corrected chi connectivity index (χ4v) is 2.33. The molecule has 8 heteroatoms. The standard InChI is InChI=1S/C7H16O6P2/c1-3-11-7(9)6(2)12-15(10,13-14)5-4-8/h6,8H,3-5,14H2,1-2H3. The van der Waals surface area contributed by atoms with Crippen molar-refractivity contribution in [2.24, 2.45) is 0 Å². The highest BCUT2D eigenvalue weighted by Crippen LogP contribution is 2.50. The van der Waals surface area contributed by atoms with Crippen molar-refractivity contribution in [2.75, 3.05) is 19.4 Å². The molecule has 0 saturated carbocycles. The molecule has 6 nitrogen and oxygen atoms in total. The number of carbonyl (C=O) groups is 1. The van der Waals surface area contributed by atoms with Crippen LogP contribution in [0, 0.1) is 0 Å². The van der Waals surface area contributed by atoms with E-state index in [-0.39, 0.29) is 19.4 Å². The predicted molar refractivity (Wildman–Crippen MR) is 57.5 cm³/mol. The number of carbonyl (C=O) groups excluding carboxylic acids is 1. The van der Waals surface area contributed by atoms with E-state index in [1.54, 1.807) is 16.4 Å². The Hall–Kier alpha value is 0.01000. The van der Waals surface area contributed by atoms with E-state index < -0.39 is 19.7 Å². The maximum Gasteiger partial charge on any atom is 0.336 e. The van der Waals surface area contributed by atoms with E-state index in [0.717, 1.165) is 0 Å². The molecule has 3 atom stereocenters. The lowest BCUT2D eigenvalue weighted by atomic mass is 10.4. The topological polar surface area (TPSA) is 82.1 Å². The summed E-state index contributed by atoms with van der Waals surface area (Å²) in [6.07, 6.45) is -1.15. The van der Waals surface area contributed by atoms with Crippen LogP contribution in [0.1, 0.15) is 13.8 Å². The van der Waals surface area contributed by atoms with Crippen LogP contribution >= 0.6 is 17.1 Å².